The summed E-state index contributed by atoms with van der Waals surface area (Å²) in [6.45, 7) is 9.52. The predicted molar refractivity (Wildman–Crippen MR) is 624 cm³/mol. The lowest BCUT2D eigenvalue weighted by Gasteiger charge is -2.22. The van der Waals surface area contributed by atoms with Gasteiger partial charge in [0.15, 0.2) is 34.9 Å². The second-order valence-electron chi connectivity index (χ2n) is 40.3. The molecule has 0 fully saturated rings. The Kier molecular flexibility index (Phi) is 21.1. The van der Waals surface area contributed by atoms with Gasteiger partial charge in [-0.05, 0) is 227 Å². The van der Waals surface area contributed by atoms with Crippen LogP contribution in [0.2, 0.25) is 0 Å². The van der Waals surface area contributed by atoms with E-state index in [9.17, 15) is 10.0 Å². The number of fused-ring (bicyclic) bond motifs is 24. The SMILES string of the molecule is CC1(C)c2cc3c(cc2-c2c1ccc1ccccc21)c1cc(-c2ccc4c(c2)c2ccccc2n4-c2ccccc2)ccc1n3-c1ccc(-c2nc(-c3ccccc3)nc(-c3ccccc3)n2)c2ccccc12.CC1(C)c2cc3c(cc2-c2c1ccc1ccccc21)c1cc(Br)ccc1n3-c1ccc(-c2nc(-c3ccccc3)nc(-c3ccccc3)n2)c2ccccc12.OB(O)c1ccc2c(c1)c1ccccc1n2-c1ccccc1. The molecule has 6 aromatic heterocycles. The molecule has 150 heavy (non-hydrogen) atoms. The van der Waals surface area contributed by atoms with Crippen molar-refractivity contribution in [1.29, 1.82) is 0 Å². The van der Waals surface area contributed by atoms with Crippen LogP contribution >= 0.6 is 15.9 Å². The molecule has 2 aliphatic rings. The van der Waals surface area contributed by atoms with E-state index in [0.29, 0.717) is 40.4 Å². The van der Waals surface area contributed by atoms with Crippen molar-refractivity contribution in [3.63, 3.8) is 0 Å². The van der Waals surface area contributed by atoms with Crippen LogP contribution < -0.4 is 5.46 Å². The summed E-state index contributed by atoms with van der Waals surface area (Å²) in [7, 11) is -1.46. The molecule has 0 spiro atoms. The highest BCUT2D eigenvalue weighted by Crippen LogP contribution is 2.57. The maximum Gasteiger partial charge on any atom is 0.488 e. The van der Waals surface area contributed by atoms with Crippen molar-refractivity contribution in [2.24, 2.45) is 0 Å². The Morgan fingerprint density at radius 3 is 0.920 bits per heavy atom. The van der Waals surface area contributed by atoms with Crippen LogP contribution in [0.5, 0.6) is 0 Å². The summed E-state index contributed by atoms with van der Waals surface area (Å²) in [6.07, 6.45) is 0. The van der Waals surface area contributed by atoms with E-state index in [1.807, 2.05) is 115 Å². The first-order chi connectivity index (χ1) is 73.6. The number of hydrogen-bond acceptors (Lipinski definition) is 8. The maximum atomic E-state index is 9.43. The molecule has 6 heterocycles. The average molecular weight is 1990 g/mol. The molecule has 12 nitrogen and oxygen atoms in total. The van der Waals surface area contributed by atoms with Crippen LogP contribution in [0.3, 0.4) is 0 Å². The van der Waals surface area contributed by atoms with Crippen LogP contribution in [0.25, 0.3) is 255 Å². The standard InChI is InChI=1S/C68H45N5.C50H33BrN4.C18H14BNO2/c1-68(2)57-34-30-42-18-12-13-25-48(42)64(57)56-40-55-54-39-46(45-31-35-61-53(38-45)51-28-16-17-29-59(51)72(61)47-23-10-5-11-24-47)32-36-62(54)73(63(55)41-58(56)68)60-37-33-52(49-26-14-15-27-50(49)60)67-70-65(43-19-6-3-7-20-43)69-66(71-67)44-21-8-4-9-22-44;1-50(2)41-24-21-30-13-9-10-18-34(30)46(41)40-28-39-38-27-33(51)22-25-44(38)55(45(39)29-42(40)50)43-26-23-37(35-19-11-12-20-36(35)43)49-53-47(31-14-5-3-6-15-31)52-48(54-49)32-16-7-4-8-17-32;21-19(22)13-10-11-18-16(12-13)15-8-4-5-9-17(15)20(18)14-6-2-1-3-7-14/h3-41H,1-2H3;3-29H,1-2H3;1-12,21-22H. The summed E-state index contributed by atoms with van der Waals surface area (Å²) in [5.41, 5.74) is 32.6. The zero-order valence-electron chi connectivity index (χ0n) is 82.4. The van der Waals surface area contributed by atoms with Gasteiger partial charge in [-0.3, -0.25) is 0 Å². The maximum absolute atomic E-state index is 9.43. The zero-order valence-corrected chi connectivity index (χ0v) is 83.9. The first-order valence-electron chi connectivity index (χ1n) is 50.9. The molecule has 0 saturated heterocycles. The van der Waals surface area contributed by atoms with Gasteiger partial charge in [-0.15, -0.1) is 0 Å². The lowest BCUT2D eigenvalue weighted by Crippen LogP contribution is -2.29. The van der Waals surface area contributed by atoms with Crippen molar-refractivity contribution in [2.75, 3.05) is 0 Å². The monoisotopic (exact) mass is 1990 g/mol. The largest absolute Gasteiger partial charge is 0.488 e. The first kappa shape index (κ1) is 89.2. The Hall–Kier alpha value is -18.4. The summed E-state index contributed by atoms with van der Waals surface area (Å²) < 4.78 is 10.6. The number of hydrogen-bond donors (Lipinski definition) is 2. The van der Waals surface area contributed by atoms with Gasteiger partial charge in [-0.1, -0.05) is 383 Å². The van der Waals surface area contributed by atoms with Crippen LogP contribution in [-0.4, -0.2) is 65.3 Å². The van der Waals surface area contributed by atoms with Crippen LogP contribution in [0.4, 0.5) is 0 Å². The van der Waals surface area contributed by atoms with Crippen LogP contribution in [0, 0.1) is 0 Å². The number of halogens is 1. The van der Waals surface area contributed by atoms with Crippen molar-refractivity contribution in [2.45, 2.75) is 38.5 Å². The third-order valence-electron chi connectivity index (χ3n) is 31.1. The summed E-state index contributed by atoms with van der Waals surface area (Å²) in [5.74, 6) is 3.86. The molecular formula is C136H92BBrN10O2. The summed E-state index contributed by atoms with van der Waals surface area (Å²) in [5, 5.41) is 37.8. The van der Waals surface area contributed by atoms with Gasteiger partial charge in [0.1, 0.15) is 0 Å². The molecule has 2 N–H and O–H groups in total. The van der Waals surface area contributed by atoms with E-state index in [4.69, 9.17) is 29.9 Å². The van der Waals surface area contributed by atoms with Crippen molar-refractivity contribution < 1.29 is 10.0 Å². The van der Waals surface area contributed by atoms with Gasteiger partial charge in [0.25, 0.3) is 0 Å². The Labute approximate surface area is 873 Å². The molecule has 0 aliphatic heterocycles. The second-order valence-corrected chi connectivity index (χ2v) is 41.2. The highest BCUT2D eigenvalue weighted by molar-refractivity contribution is 9.10. The Balaban J connectivity index is 0.000000123. The van der Waals surface area contributed by atoms with Crippen LogP contribution in [0.1, 0.15) is 49.9 Å². The third-order valence-corrected chi connectivity index (χ3v) is 31.5. The molecule has 28 aromatic rings. The van der Waals surface area contributed by atoms with E-state index in [2.05, 4.69) is 414 Å². The Morgan fingerprint density at radius 2 is 0.513 bits per heavy atom. The first-order valence-corrected chi connectivity index (χ1v) is 51.7. The van der Waals surface area contributed by atoms with Gasteiger partial charge in [-0.25, -0.2) is 29.9 Å². The van der Waals surface area contributed by atoms with Gasteiger partial charge in [0, 0.05) is 114 Å². The van der Waals surface area contributed by atoms with E-state index in [1.165, 1.54) is 132 Å². The van der Waals surface area contributed by atoms with E-state index in [-0.39, 0.29) is 10.8 Å². The summed E-state index contributed by atoms with van der Waals surface area (Å²) >= 11 is 3.81. The van der Waals surface area contributed by atoms with E-state index in [0.717, 1.165) is 115 Å². The second kappa shape index (κ2) is 35.5. The molecule has 0 radical (unpaired) electrons. The molecule has 22 aromatic carbocycles. The fourth-order valence-electron chi connectivity index (χ4n) is 23.9. The minimum Gasteiger partial charge on any atom is -0.423 e. The van der Waals surface area contributed by atoms with E-state index < -0.39 is 7.12 Å². The minimum absolute atomic E-state index is 0.164. The number of benzene rings is 22. The summed E-state index contributed by atoms with van der Waals surface area (Å²) in [4.78, 5) is 30.6. The lowest BCUT2D eigenvalue weighted by molar-refractivity contribution is 0.426. The van der Waals surface area contributed by atoms with E-state index >= 15 is 0 Å². The molecule has 2 aliphatic carbocycles. The van der Waals surface area contributed by atoms with Gasteiger partial charge < -0.3 is 28.3 Å². The average Bonchev–Trinajstić information content (AvgIpc) is 1.54. The quantitative estimate of drug-likeness (QED) is 0.115. The fraction of sp³-hybridized carbons (Fsp3) is 0.0441. The smallest absolute Gasteiger partial charge is 0.423 e. The predicted octanol–water partition coefficient (Wildman–Crippen LogP) is 33.2. The molecule has 0 bridgehead atoms. The highest BCUT2D eigenvalue weighted by Gasteiger charge is 2.40. The molecule has 0 saturated carbocycles. The fourth-order valence-corrected chi connectivity index (χ4v) is 24.3. The normalized spacial score (nSPS) is 12.7. The van der Waals surface area contributed by atoms with Crippen molar-refractivity contribution >= 4 is 159 Å². The summed E-state index contributed by atoms with van der Waals surface area (Å²) in [6, 6.07) is 168. The van der Waals surface area contributed by atoms with Crippen LogP contribution in [0.15, 0.2) is 478 Å². The number of nitrogens with zero attached hydrogens (tertiary/aromatic N) is 10. The van der Waals surface area contributed by atoms with Crippen molar-refractivity contribution in [1.82, 2.24) is 48.2 Å². The van der Waals surface area contributed by atoms with Gasteiger partial charge in [-0.2, -0.15) is 0 Å². The molecule has 14 heteroatoms. The van der Waals surface area contributed by atoms with E-state index in [1.54, 1.807) is 6.07 Å². The molecule has 708 valence electrons. The molecule has 0 unspecified atom stereocenters. The van der Waals surface area contributed by atoms with Crippen molar-refractivity contribution in [3.8, 4) is 124 Å². The number of rotatable bonds is 12. The number of aromatic nitrogens is 10. The number of para-hydroxylation sites is 4. The minimum atomic E-state index is -1.46. The Morgan fingerprint density at radius 1 is 0.207 bits per heavy atom. The molecular weight excluding hydrogens is 1900 g/mol. The van der Waals surface area contributed by atoms with Crippen LogP contribution in [-0.2, 0) is 10.8 Å². The van der Waals surface area contributed by atoms with Gasteiger partial charge in [0.05, 0.1) is 55.5 Å². The third kappa shape index (κ3) is 14.6. The molecule has 0 amide bonds. The van der Waals surface area contributed by atoms with Gasteiger partial charge >= 0.3 is 7.12 Å². The molecule has 30 rings (SSSR count). The lowest BCUT2D eigenvalue weighted by atomic mass is 9.80. The van der Waals surface area contributed by atoms with Crippen molar-refractivity contribution in [3.05, 3.63) is 500 Å². The zero-order chi connectivity index (χ0) is 100. The highest BCUT2D eigenvalue weighted by atomic mass is 79.9. The molecule has 0 atom stereocenters. The Bertz CT molecular complexity index is 10300. The van der Waals surface area contributed by atoms with Gasteiger partial charge in [0.2, 0.25) is 0 Å². The topological polar surface area (TPSA) is 138 Å².